The molecule has 6 heteroatoms. The van der Waals surface area contributed by atoms with Crippen LogP contribution in [0.2, 0.25) is 0 Å². The van der Waals surface area contributed by atoms with Crippen LogP contribution in [0.15, 0.2) is 47.5 Å². The van der Waals surface area contributed by atoms with Crippen molar-refractivity contribution in [2.75, 3.05) is 16.9 Å². The Labute approximate surface area is 121 Å². The minimum atomic E-state index is -0.138. The van der Waals surface area contributed by atoms with E-state index in [1.165, 1.54) is 11.8 Å². The van der Waals surface area contributed by atoms with E-state index < -0.39 is 0 Å². The van der Waals surface area contributed by atoms with Crippen molar-refractivity contribution in [3.05, 3.63) is 48.2 Å². The van der Waals surface area contributed by atoms with Gasteiger partial charge in [-0.15, -0.1) is 11.8 Å². The molecule has 0 aliphatic rings. The third-order valence-corrected chi connectivity index (χ3v) is 3.61. The molecule has 0 aliphatic heterocycles. The van der Waals surface area contributed by atoms with Crippen molar-refractivity contribution in [1.29, 1.82) is 0 Å². The molecule has 0 saturated heterocycles. The number of aryl methyl sites for hydroxylation is 1. The summed E-state index contributed by atoms with van der Waals surface area (Å²) in [6.07, 6.45) is 1.65. The highest BCUT2D eigenvalue weighted by Gasteiger charge is 2.05. The Morgan fingerprint density at radius 1 is 1.35 bits per heavy atom. The van der Waals surface area contributed by atoms with Gasteiger partial charge in [-0.05, 0) is 36.8 Å². The van der Waals surface area contributed by atoms with Crippen molar-refractivity contribution in [2.24, 2.45) is 0 Å². The number of anilines is 2. The molecule has 20 heavy (non-hydrogen) atoms. The molecular weight excluding hydrogens is 272 g/mol. The zero-order valence-corrected chi connectivity index (χ0v) is 11.9. The molecule has 0 fully saturated rings. The standard InChI is InChI=1S/C14H16N4OS/c1-10-5-6-12(11(15)8-10)20-9-14(19)18-17-13-4-2-3-7-16-13/h2-8H,9,15H2,1H3,(H,16,17)(H,18,19). The molecule has 5 nitrogen and oxygen atoms in total. The molecule has 1 amide bonds. The number of nitrogens with one attached hydrogen (secondary N) is 2. The quantitative estimate of drug-likeness (QED) is 0.446. The van der Waals surface area contributed by atoms with E-state index in [1.54, 1.807) is 12.3 Å². The Hall–Kier alpha value is -2.21. The molecule has 2 aromatic rings. The monoisotopic (exact) mass is 288 g/mol. The third kappa shape index (κ3) is 4.17. The van der Waals surface area contributed by atoms with Gasteiger partial charge in [0.05, 0.1) is 5.75 Å². The molecule has 0 spiro atoms. The molecule has 0 bridgehead atoms. The lowest BCUT2D eigenvalue weighted by Crippen LogP contribution is -2.31. The normalized spacial score (nSPS) is 10.1. The number of nitrogens with two attached hydrogens (primary N) is 1. The van der Waals surface area contributed by atoms with E-state index in [0.29, 0.717) is 11.5 Å². The number of thioether (sulfide) groups is 1. The fourth-order valence-corrected chi connectivity index (χ4v) is 2.30. The van der Waals surface area contributed by atoms with Crippen LogP contribution in [0.4, 0.5) is 11.5 Å². The van der Waals surface area contributed by atoms with Crippen molar-refractivity contribution < 1.29 is 4.79 Å². The van der Waals surface area contributed by atoms with Crippen LogP contribution in [0.25, 0.3) is 0 Å². The van der Waals surface area contributed by atoms with Crippen molar-refractivity contribution in [2.45, 2.75) is 11.8 Å². The summed E-state index contributed by atoms with van der Waals surface area (Å²) in [5.74, 6) is 0.744. The van der Waals surface area contributed by atoms with Crippen LogP contribution in [0, 0.1) is 6.92 Å². The van der Waals surface area contributed by atoms with Gasteiger partial charge in [-0.3, -0.25) is 15.6 Å². The van der Waals surface area contributed by atoms with Crippen LogP contribution >= 0.6 is 11.8 Å². The van der Waals surface area contributed by atoms with Crippen molar-refractivity contribution >= 4 is 29.2 Å². The Bertz CT molecular complexity index is 589. The van der Waals surface area contributed by atoms with E-state index in [0.717, 1.165) is 10.5 Å². The van der Waals surface area contributed by atoms with Gasteiger partial charge < -0.3 is 5.73 Å². The molecule has 4 N–H and O–H groups in total. The lowest BCUT2D eigenvalue weighted by molar-refractivity contribution is -0.118. The molecule has 0 unspecified atom stereocenters. The number of nitrogens with zero attached hydrogens (tertiary/aromatic N) is 1. The van der Waals surface area contributed by atoms with E-state index in [9.17, 15) is 4.79 Å². The van der Waals surface area contributed by atoms with E-state index in [-0.39, 0.29) is 11.7 Å². The van der Waals surface area contributed by atoms with Crippen LogP contribution < -0.4 is 16.6 Å². The number of hydrogen-bond donors (Lipinski definition) is 3. The average molecular weight is 288 g/mol. The number of hydrazine groups is 1. The Morgan fingerprint density at radius 2 is 2.20 bits per heavy atom. The summed E-state index contributed by atoms with van der Waals surface area (Å²) in [4.78, 5) is 16.7. The molecule has 0 saturated carbocycles. The summed E-state index contributed by atoms with van der Waals surface area (Å²) < 4.78 is 0. The summed E-state index contributed by atoms with van der Waals surface area (Å²) in [5, 5.41) is 0. The minimum Gasteiger partial charge on any atom is -0.398 e. The molecule has 0 radical (unpaired) electrons. The number of pyridine rings is 1. The van der Waals surface area contributed by atoms with E-state index >= 15 is 0 Å². The van der Waals surface area contributed by atoms with E-state index in [1.807, 2.05) is 37.3 Å². The maximum absolute atomic E-state index is 11.7. The van der Waals surface area contributed by atoms with Crippen LogP contribution in [0.5, 0.6) is 0 Å². The van der Waals surface area contributed by atoms with Gasteiger partial charge in [-0.1, -0.05) is 12.1 Å². The summed E-state index contributed by atoms with van der Waals surface area (Å²) in [7, 11) is 0. The maximum atomic E-state index is 11.7. The number of rotatable bonds is 5. The number of carbonyl (C=O) groups excluding carboxylic acids is 1. The number of carbonyl (C=O) groups is 1. The second-order valence-electron chi connectivity index (χ2n) is 4.22. The zero-order valence-electron chi connectivity index (χ0n) is 11.1. The molecule has 0 aliphatic carbocycles. The highest BCUT2D eigenvalue weighted by molar-refractivity contribution is 8.00. The van der Waals surface area contributed by atoms with Gasteiger partial charge in [0.1, 0.15) is 5.82 Å². The van der Waals surface area contributed by atoms with Gasteiger partial charge in [0.15, 0.2) is 0 Å². The van der Waals surface area contributed by atoms with E-state index in [2.05, 4.69) is 15.8 Å². The number of nitrogen functional groups attached to an aromatic ring is 1. The predicted molar refractivity (Wildman–Crippen MR) is 82.3 cm³/mol. The number of benzene rings is 1. The van der Waals surface area contributed by atoms with Crippen LogP contribution in [0.3, 0.4) is 0 Å². The van der Waals surface area contributed by atoms with Gasteiger partial charge in [0, 0.05) is 16.8 Å². The molecule has 1 heterocycles. The van der Waals surface area contributed by atoms with Crippen LogP contribution in [-0.4, -0.2) is 16.6 Å². The van der Waals surface area contributed by atoms with E-state index in [4.69, 9.17) is 5.73 Å². The second-order valence-corrected chi connectivity index (χ2v) is 5.24. The predicted octanol–water partition coefficient (Wildman–Crippen LogP) is 2.21. The summed E-state index contributed by atoms with van der Waals surface area (Å²) in [6.45, 7) is 1.98. The third-order valence-electron chi connectivity index (χ3n) is 2.52. The Kier molecular flexibility index (Phi) is 4.84. The number of aromatic nitrogens is 1. The Morgan fingerprint density at radius 3 is 2.90 bits per heavy atom. The molecule has 1 aromatic heterocycles. The fourth-order valence-electron chi connectivity index (χ4n) is 1.55. The smallest absolute Gasteiger partial charge is 0.248 e. The molecule has 104 valence electrons. The summed E-state index contributed by atoms with van der Waals surface area (Å²) >= 11 is 1.40. The average Bonchev–Trinajstić information content (AvgIpc) is 2.45. The number of hydrogen-bond acceptors (Lipinski definition) is 5. The maximum Gasteiger partial charge on any atom is 0.248 e. The lowest BCUT2D eigenvalue weighted by atomic mass is 10.2. The second kappa shape index (κ2) is 6.81. The van der Waals surface area contributed by atoms with Crippen LogP contribution in [-0.2, 0) is 4.79 Å². The first-order chi connectivity index (χ1) is 9.65. The largest absolute Gasteiger partial charge is 0.398 e. The van der Waals surface area contributed by atoms with Crippen molar-refractivity contribution in [1.82, 2.24) is 10.4 Å². The number of amides is 1. The first kappa shape index (κ1) is 14.2. The van der Waals surface area contributed by atoms with Gasteiger partial charge in [0.2, 0.25) is 5.91 Å². The van der Waals surface area contributed by atoms with Gasteiger partial charge >= 0.3 is 0 Å². The van der Waals surface area contributed by atoms with Crippen molar-refractivity contribution in [3.8, 4) is 0 Å². The minimum absolute atomic E-state index is 0.138. The summed E-state index contributed by atoms with van der Waals surface area (Å²) in [5.41, 5.74) is 13.0. The summed E-state index contributed by atoms with van der Waals surface area (Å²) in [6, 6.07) is 11.2. The van der Waals surface area contributed by atoms with Gasteiger partial charge in [-0.2, -0.15) is 0 Å². The van der Waals surface area contributed by atoms with Crippen molar-refractivity contribution in [3.63, 3.8) is 0 Å². The molecule has 2 rings (SSSR count). The van der Waals surface area contributed by atoms with Gasteiger partial charge in [-0.25, -0.2) is 4.98 Å². The highest BCUT2D eigenvalue weighted by atomic mass is 32.2. The SMILES string of the molecule is Cc1ccc(SCC(=O)NNc2ccccn2)c(N)c1. The molecule has 0 atom stereocenters. The van der Waals surface area contributed by atoms with Crippen LogP contribution in [0.1, 0.15) is 5.56 Å². The van der Waals surface area contributed by atoms with Gasteiger partial charge in [0.25, 0.3) is 0 Å². The lowest BCUT2D eigenvalue weighted by Gasteiger charge is -2.08. The fraction of sp³-hybridized carbons (Fsp3) is 0.143. The topological polar surface area (TPSA) is 80.0 Å². The Balaban J connectivity index is 1.80. The first-order valence-corrected chi connectivity index (χ1v) is 7.08. The highest BCUT2D eigenvalue weighted by Crippen LogP contribution is 2.25. The first-order valence-electron chi connectivity index (χ1n) is 6.10. The molecular formula is C14H16N4OS. The zero-order chi connectivity index (χ0) is 14.4. The molecule has 1 aromatic carbocycles.